The van der Waals surface area contributed by atoms with Gasteiger partial charge in [-0.25, -0.2) is 4.39 Å². The minimum Gasteiger partial charge on any atom is -0.508 e. The van der Waals surface area contributed by atoms with E-state index in [0.29, 0.717) is 5.56 Å². The molecule has 0 aliphatic carbocycles. The monoisotopic (exact) mass is 310 g/mol. The molecule has 3 nitrogen and oxygen atoms in total. The number of aryl methyl sites for hydroxylation is 1. The first kappa shape index (κ1) is 18.4. The largest absolute Gasteiger partial charge is 0.508 e. The fourth-order valence-electron chi connectivity index (χ4n) is 2.31. The van der Waals surface area contributed by atoms with Crippen molar-refractivity contribution in [2.24, 2.45) is 0 Å². The number of nitrogens with one attached hydrogen (secondary N) is 1. The summed E-state index contributed by atoms with van der Waals surface area (Å²) in [7, 11) is 0. The van der Waals surface area contributed by atoms with Crippen molar-refractivity contribution in [3.8, 4) is 5.75 Å². The summed E-state index contributed by atoms with van der Waals surface area (Å²) in [5.41, 5.74) is 1.75. The first-order valence-electron chi connectivity index (χ1n) is 6.02. The zero-order valence-electron chi connectivity index (χ0n) is 10.9. The van der Waals surface area contributed by atoms with Gasteiger partial charge >= 0.3 is 0 Å². The van der Waals surface area contributed by atoms with E-state index in [0.717, 1.165) is 31.7 Å². The first-order chi connectivity index (χ1) is 8.22. The summed E-state index contributed by atoms with van der Waals surface area (Å²) >= 11 is 0. The van der Waals surface area contributed by atoms with Gasteiger partial charge in [-0.15, -0.1) is 24.8 Å². The van der Waals surface area contributed by atoms with Gasteiger partial charge in [-0.3, -0.25) is 4.90 Å². The average molecular weight is 311 g/mol. The molecular formula is C13H21Cl2FN2O. The van der Waals surface area contributed by atoms with Gasteiger partial charge in [0.15, 0.2) is 0 Å². The van der Waals surface area contributed by atoms with Crippen LogP contribution in [0.1, 0.15) is 17.2 Å². The van der Waals surface area contributed by atoms with E-state index in [4.69, 9.17) is 0 Å². The molecule has 0 aromatic heterocycles. The van der Waals surface area contributed by atoms with Crippen LogP contribution in [-0.2, 0) is 0 Å². The summed E-state index contributed by atoms with van der Waals surface area (Å²) in [5.74, 6) is 0.191. The van der Waals surface area contributed by atoms with Crippen LogP contribution in [0.2, 0.25) is 0 Å². The lowest BCUT2D eigenvalue weighted by molar-refractivity contribution is 0.145. The van der Waals surface area contributed by atoms with Crippen molar-refractivity contribution in [2.45, 2.75) is 13.0 Å². The fraction of sp³-hybridized carbons (Fsp3) is 0.538. The van der Waals surface area contributed by atoms with Crippen molar-refractivity contribution in [1.82, 2.24) is 10.2 Å². The molecule has 1 fully saturated rings. The van der Waals surface area contributed by atoms with E-state index in [1.807, 2.05) is 19.1 Å². The van der Waals surface area contributed by atoms with Gasteiger partial charge in [0, 0.05) is 31.7 Å². The molecule has 1 aliphatic rings. The van der Waals surface area contributed by atoms with E-state index in [2.05, 4.69) is 10.2 Å². The van der Waals surface area contributed by atoms with Crippen molar-refractivity contribution in [3.05, 3.63) is 29.3 Å². The van der Waals surface area contributed by atoms with Crippen molar-refractivity contribution in [1.29, 1.82) is 0 Å². The number of piperazine rings is 1. The van der Waals surface area contributed by atoms with Gasteiger partial charge < -0.3 is 10.4 Å². The molecule has 0 amide bonds. The molecule has 2 N–H and O–H groups in total. The standard InChI is InChI=1S/C13H19FN2O.2ClH/c1-10-2-3-13(17)11(8-10)12(9-14)16-6-4-15-5-7-16;;/h2-3,8,12,15,17H,4-7,9H2,1H3;2*1H/t12-;;/m1../s1. The quantitative estimate of drug-likeness (QED) is 0.900. The predicted octanol–water partition coefficient (Wildman–Crippen LogP) is 2.46. The molecule has 1 heterocycles. The van der Waals surface area contributed by atoms with Crippen LogP contribution in [0.15, 0.2) is 18.2 Å². The highest BCUT2D eigenvalue weighted by Gasteiger charge is 2.24. The number of hydrogen-bond acceptors (Lipinski definition) is 3. The molecule has 1 aromatic carbocycles. The molecule has 1 saturated heterocycles. The number of alkyl halides is 1. The van der Waals surface area contributed by atoms with Crippen LogP contribution < -0.4 is 5.32 Å². The second-order valence-electron chi connectivity index (χ2n) is 4.52. The molecule has 0 radical (unpaired) electrons. The molecule has 6 heteroatoms. The zero-order valence-corrected chi connectivity index (χ0v) is 12.6. The first-order valence-corrected chi connectivity index (χ1v) is 6.02. The minimum atomic E-state index is -0.461. The molecule has 19 heavy (non-hydrogen) atoms. The Kier molecular flexibility index (Phi) is 8.34. The van der Waals surface area contributed by atoms with Crippen LogP contribution in [0, 0.1) is 6.92 Å². The van der Waals surface area contributed by atoms with Gasteiger partial charge in [-0.1, -0.05) is 17.7 Å². The lowest BCUT2D eigenvalue weighted by Crippen LogP contribution is -2.45. The maximum absolute atomic E-state index is 13.3. The second-order valence-corrected chi connectivity index (χ2v) is 4.52. The molecule has 0 saturated carbocycles. The maximum atomic E-state index is 13.3. The average Bonchev–Trinajstić information content (AvgIpc) is 2.36. The summed E-state index contributed by atoms with van der Waals surface area (Å²) in [5, 5.41) is 13.1. The van der Waals surface area contributed by atoms with Crippen LogP contribution in [-0.4, -0.2) is 42.9 Å². The summed E-state index contributed by atoms with van der Waals surface area (Å²) in [6.45, 7) is 4.89. The fourth-order valence-corrected chi connectivity index (χ4v) is 2.31. The molecule has 1 aromatic rings. The Morgan fingerprint density at radius 1 is 1.32 bits per heavy atom. The van der Waals surface area contributed by atoms with Crippen LogP contribution in [0.5, 0.6) is 5.75 Å². The van der Waals surface area contributed by atoms with Gasteiger partial charge in [-0.2, -0.15) is 0 Å². The molecule has 0 unspecified atom stereocenters. The Bertz CT molecular complexity index is 387. The number of aromatic hydroxyl groups is 1. The summed E-state index contributed by atoms with van der Waals surface area (Å²) in [4.78, 5) is 2.09. The van der Waals surface area contributed by atoms with E-state index >= 15 is 0 Å². The van der Waals surface area contributed by atoms with Gasteiger partial charge in [0.25, 0.3) is 0 Å². The summed E-state index contributed by atoms with van der Waals surface area (Å²) in [6.07, 6.45) is 0. The van der Waals surface area contributed by atoms with Gasteiger partial charge in [0.05, 0.1) is 6.04 Å². The lowest BCUT2D eigenvalue weighted by atomic mass is 10.0. The van der Waals surface area contributed by atoms with Gasteiger partial charge in [0.1, 0.15) is 12.4 Å². The van der Waals surface area contributed by atoms with Crippen molar-refractivity contribution >= 4 is 24.8 Å². The number of hydrogen-bond donors (Lipinski definition) is 2. The van der Waals surface area contributed by atoms with E-state index in [-0.39, 0.29) is 36.6 Å². The molecule has 110 valence electrons. The third-order valence-electron chi connectivity index (χ3n) is 3.28. The van der Waals surface area contributed by atoms with Crippen LogP contribution in [0.3, 0.4) is 0 Å². The number of nitrogens with zero attached hydrogens (tertiary/aromatic N) is 1. The Hall–Kier alpha value is -0.550. The third-order valence-corrected chi connectivity index (χ3v) is 3.28. The number of phenolic OH excluding ortho intramolecular Hbond substituents is 1. The number of phenols is 1. The third kappa shape index (κ3) is 4.49. The second kappa shape index (κ2) is 8.59. The van der Waals surface area contributed by atoms with Gasteiger partial charge in [-0.05, 0) is 13.0 Å². The maximum Gasteiger partial charge on any atom is 0.120 e. The highest BCUT2D eigenvalue weighted by molar-refractivity contribution is 5.85. The normalized spacial score (nSPS) is 17.2. The lowest BCUT2D eigenvalue weighted by Gasteiger charge is -2.34. The Balaban J connectivity index is 0.00000162. The van der Waals surface area contributed by atoms with Crippen molar-refractivity contribution in [2.75, 3.05) is 32.9 Å². The zero-order chi connectivity index (χ0) is 12.3. The highest BCUT2D eigenvalue weighted by atomic mass is 35.5. The molecule has 1 atom stereocenters. The number of halogens is 3. The molecule has 0 spiro atoms. The van der Waals surface area contributed by atoms with E-state index in [9.17, 15) is 9.50 Å². The molecule has 1 aliphatic heterocycles. The van der Waals surface area contributed by atoms with E-state index in [1.54, 1.807) is 6.07 Å². The number of benzene rings is 1. The molecule has 2 rings (SSSR count). The van der Waals surface area contributed by atoms with Crippen molar-refractivity contribution in [3.63, 3.8) is 0 Å². The minimum absolute atomic E-state index is 0. The Morgan fingerprint density at radius 3 is 2.53 bits per heavy atom. The number of rotatable bonds is 3. The van der Waals surface area contributed by atoms with Gasteiger partial charge in [0.2, 0.25) is 0 Å². The Morgan fingerprint density at radius 2 is 1.95 bits per heavy atom. The van der Waals surface area contributed by atoms with E-state index < -0.39 is 6.67 Å². The van der Waals surface area contributed by atoms with Crippen molar-refractivity contribution < 1.29 is 9.50 Å². The Labute approximate surface area is 126 Å². The summed E-state index contributed by atoms with van der Waals surface area (Å²) < 4.78 is 13.3. The smallest absolute Gasteiger partial charge is 0.120 e. The van der Waals surface area contributed by atoms with E-state index in [1.165, 1.54) is 0 Å². The summed E-state index contributed by atoms with van der Waals surface area (Å²) in [6, 6.07) is 5.04. The highest BCUT2D eigenvalue weighted by Crippen LogP contribution is 2.30. The topological polar surface area (TPSA) is 35.5 Å². The molecule has 0 bridgehead atoms. The SMILES string of the molecule is Cc1ccc(O)c([C@@H](CF)N2CCNCC2)c1.Cl.Cl. The van der Waals surface area contributed by atoms with Crippen LogP contribution >= 0.6 is 24.8 Å². The molecular weight excluding hydrogens is 290 g/mol. The van der Waals surface area contributed by atoms with Crippen LogP contribution in [0.25, 0.3) is 0 Å². The van der Waals surface area contributed by atoms with Crippen LogP contribution in [0.4, 0.5) is 4.39 Å². The predicted molar refractivity (Wildman–Crippen MR) is 80.5 cm³/mol.